The van der Waals surface area contributed by atoms with Gasteiger partial charge in [0.15, 0.2) is 0 Å². The van der Waals surface area contributed by atoms with Crippen molar-refractivity contribution >= 4 is 5.97 Å². The molecular formula is C15H27NO2. The van der Waals surface area contributed by atoms with Crippen LogP contribution in [0.2, 0.25) is 0 Å². The van der Waals surface area contributed by atoms with E-state index in [1.54, 1.807) is 0 Å². The molecule has 2 saturated carbocycles. The van der Waals surface area contributed by atoms with Gasteiger partial charge in [0.1, 0.15) is 6.04 Å². The third kappa shape index (κ3) is 3.25. The Hall–Kier alpha value is -0.570. The van der Waals surface area contributed by atoms with E-state index in [0.717, 1.165) is 0 Å². The van der Waals surface area contributed by atoms with Crippen LogP contribution in [-0.4, -0.2) is 17.1 Å². The summed E-state index contributed by atoms with van der Waals surface area (Å²) in [5.41, 5.74) is 6.02. The molecule has 3 N–H and O–H groups in total. The molecule has 0 aromatic heterocycles. The first kappa shape index (κ1) is 13.9. The van der Waals surface area contributed by atoms with E-state index in [1.165, 1.54) is 64.2 Å². The van der Waals surface area contributed by atoms with Gasteiger partial charge in [0.25, 0.3) is 0 Å². The van der Waals surface area contributed by atoms with Gasteiger partial charge in [-0.05, 0) is 17.8 Å². The zero-order chi connectivity index (χ0) is 13.0. The summed E-state index contributed by atoms with van der Waals surface area (Å²) in [5.74, 6) is 0.556. The van der Waals surface area contributed by atoms with Crippen LogP contribution in [0.25, 0.3) is 0 Å². The molecule has 0 radical (unpaired) electrons. The molecule has 3 nitrogen and oxygen atoms in total. The molecule has 104 valence electrons. The summed E-state index contributed by atoms with van der Waals surface area (Å²) >= 11 is 0. The maximum Gasteiger partial charge on any atom is 0.320 e. The minimum absolute atomic E-state index is 0.225. The van der Waals surface area contributed by atoms with Crippen molar-refractivity contribution in [3.05, 3.63) is 0 Å². The van der Waals surface area contributed by atoms with Crippen LogP contribution in [0.3, 0.4) is 0 Å². The van der Waals surface area contributed by atoms with Crippen molar-refractivity contribution in [2.24, 2.45) is 23.5 Å². The molecule has 0 aromatic carbocycles. The third-order valence-electron chi connectivity index (χ3n) is 5.09. The second-order valence-corrected chi connectivity index (χ2v) is 6.24. The maximum atomic E-state index is 11.3. The van der Waals surface area contributed by atoms with Crippen LogP contribution in [0.4, 0.5) is 0 Å². The van der Waals surface area contributed by atoms with Crippen LogP contribution in [0.5, 0.6) is 0 Å². The first-order chi connectivity index (χ1) is 8.70. The van der Waals surface area contributed by atoms with Crippen molar-refractivity contribution < 1.29 is 9.90 Å². The summed E-state index contributed by atoms with van der Waals surface area (Å²) in [4.78, 5) is 11.3. The molecule has 2 aliphatic carbocycles. The van der Waals surface area contributed by atoms with Gasteiger partial charge in [-0.2, -0.15) is 0 Å². The molecule has 3 heteroatoms. The van der Waals surface area contributed by atoms with Crippen molar-refractivity contribution in [3.8, 4) is 0 Å². The number of aliphatic carboxylic acids is 1. The molecule has 0 bridgehead atoms. The average Bonchev–Trinajstić information content (AvgIpc) is 2.41. The fraction of sp³-hybridized carbons (Fsp3) is 0.933. The van der Waals surface area contributed by atoms with Gasteiger partial charge in [0, 0.05) is 0 Å². The van der Waals surface area contributed by atoms with Crippen LogP contribution in [0.1, 0.15) is 64.2 Å². The standard InChI is InChI=1S/C15H27NO2/c16-14(15(17)18)13(11-7-3-1-4-8-11)12-9-5-2-6-10-12/h11-14H,1-10,16H2,(H,17,18)/t14-/m0/s1. The Balaban J connectivity index is 2.07. The predicted molar refractivity (Wildman–Crippen MR) is 72.3 cm³/mol. The SMILES string of the molecule is N[C@H](C(=O)O)C(C1CCCCC1)C1CCCCC1. The summed E-state index contributed by atoms with van der Waals surface area (Å²) in [6, 6.07) is -0.642. The van der Waals surface area contributed by atoms with Gasteiger partial charge in [-0.15, -0.1) is 0 Å². The smallest absolute Gasteiger partial charge is 0.320 e. The molecule has 0 aromatic rings. The fourth-order valence-corrected chi connectivity index (χ4v) is 4.17. The largest absolute Gasteiger partial charge is 0.480 e. The van der Waals surface area contributed by atoms with E-state index in [9.17, 15) is 9.90 Å². The molecule has 0 aliphatic heterocycles. The Labute approximate surface area is 110 Å². The van der Waals surface area contributed by atoms with Crippen LogP contribution in [0.15, 0.2) is 0 Å². The van der Waals surface area contributed by atoms with Crippen LogP contribution >= 0.6 is 0 Å². The second-order valence-electron chi connectivity index (χ2n) is 6.24. The van der Waals surface area contributed by atoms with Crippen molar-refractivity contribution in [1.29, 1.82) is 0 Å². The molecular weight excluding hydrogens is 226 g/mol. The zero-order valence-corrected chi connectivity index (χ0v) is 11.3. The second kappa shape index (κ2) is 6.55. The molecule has 0 spiro atoms. The van der Waals surface area contributed by atoms with Crippen molar-refractivity contribution in [2.75, 3.05) is 0 Å². The molecule has 0 unspecified atom stereocenters. The lowest BCUT2D eigenvalue weighted by molar-refractivity contribution is -0.141. The van der Waals surface area contributed by atoms with E-state index >= 15 is 0 Å². The molecule has 0 heterocycles. The molecule has 0 amide bonds. The topological polar surface area (TPSA) is 63.3 Å². The predicted octanol–water partition coefficient (Wildman–Crippen LogP) is 3.18. The van der Waals surface area contributed by atoms with E-state index in [0.29, 0.717) is 11.8 Å². The lowest BCUT2D eigenvalue weighted by Crippen LogP contribution is -2.46. The Bertz CT molecular complexity index is 250. The minimum atomic E-state index is -0.795. The first-order valence-corrected chi connectivity index (χ1v) is 7.68. The van der Waals surface area contributed by atoms with Gasteiger partial charge < -0.3 is 10.8 Å². The lowest BCUT2D eigenvalue weighted by Gasteiger charge is -2.39. The molecule has 0 saturated heterocycles. The van der Waals surface area contributed by atoms with Gasteiger partial charge in [-0.1, -0.05) is 64.2 Å². The number of nitrogens with two attached hydrogens (primary N) is 1. The Morgan fingerprint density at radius 3 is 1.61 bits per heavy atom. The number of rotatable bonds is 4. The van der Waals surface area contributed by atoms with Crippen LogP contribution in [-0.2, 0) is 4.79 Å². The zero-order valence-electron chi connectivity index (χ0n) is 11.3. The average molecular weight is 253 g/mol. The highest BCUT2D eigenvalue weighted by atomic mass is 16.4. The minimum Gasteiger partial charge on any atom is -0.480 e. The molecule has 2 fully saturated rings. The Morgan fingerprint density at radius 1 is 0.889 bits per heavy atom. The third-order valence-corrected chi connectivity index (χ3v) is 5.09. The molecule has 1 atom stereocenters. The van der Waals surface area contributed by atoms with Crippen molar-refractivity contribution in [2.45, 2.75) is 70.3 Å². The van der Waals surface area contributed by atoms with E-state index < -0.39 is 12.0 Å². The fourth-order valence-electron chi connectivity index (χ4n) is 4.17. The Kier molecular flexibility index (Phi) is 5.04. The van der Waals surface area contributed by atoms with Gasteiger partial charge in [-0.3, -0.25) is 4.79 Å². The number of carboxylic acids is 1. The van der Waals surface area contributed by atoms with Gasteiger partial charge in [0.05, 0.1) is 0 Å². The highest BCUT2D eigenvalue weighted by Gasteiger charge is 2.38. The molecule has 2 rings (SSSR count). The molecule has 18 heavy (non-hydrogen) atoms. The van der Waals surface area contributed by atoms with Crippen LogP contribution < -0.4 is 5.73 Å². The normalized spacial score (nSPS) is 25.2. The van der Waals surface area contributed by atoms with E-state index in [1.807, 2.05) is 0 Å². The lowest BCUT2D eigenvalue weighted by atomic mass is 9.67. The highest BCUT2D eigenvalue weighted by molar-refractivity contribution is 5.73. The van der Waals surface area contributed by atoms with Crippen molar-refractivity contribution in [1.82, 2.24) is 0 Å². The summed E-state index contributed by atoms with van der Waals surface area (Å²) in [5, 5.41) is 9.29. The van der Waals surface area contributed by atoms with Gasteiger partial charge >= 0.3 is 5.97 Å². The van der Waals surface area contributed by atoms with E-state index in [2.05, 4.69) is 0 Å². The molecule has 2 aliphatic rings. The first-order valence-electron chi connectivity index (χ1n) is 7.68. The van der Waals surface area contributed by atoms with Crippen LogP contribution in [0, 0.1) is 17.8 Å². The number of hydrogen-bond acceptors (Lipinski definition) is 2. The summed E-state index contributed by atoms with van der Waals surface area (Å²) in [6.07, 6.45) is 12.5. The monoisotopic (exact) mass is 253 g/mol. The summed E-state index contributed by atoms with van der Waals surface area (Å²) < 4.78 is 0. The summed E-state index contributed by atoms with van der Waals surface area (Å²) in [7, 11) is 0. The van der Waals surface area contributed by atoms with Gasteiger partial charge in [-0.25, -0.2) is 0 Å². The number of hydrogen-bond donors (Lipinski definition) is 2. The van der Waals surface area contributed by atoms with E-state index in [-0.39, 0.29) is 5.92 Å². The summed E-state index contributed by atoms with van der Waals surface area (Å²) in [6.45, 7) is 0. The van der Waals surface area contributed by atoms with Crippen molar-refractivity contribution in [3.63, 3.8) is 0 Å². The number of carbonyl (C=O) groups is 1. The number of carboxylic acid groups (broad SMARTS) is 1. The highest BCUT2D eigenvalue weighted by Crippen LogP contribution is 2.41. The Morgan fingerprint density at radius 2 is 1.28 bits per heavy atom. The maximum absolute atomic E-state index is 11.3. The quantitative estimate of drug-likeness (QED) is 0.809. The van der Waals surface area contributed by atoms with Gasteiger partial charge in [0.2, 0.25) is 0 Å². The van der Waals surface area contributed by atoms with E-state index in [4.69, 9.17) is 5.73 Å².